The minimum atomic E-state index is -0.180. The summed E-state index contributed by atoms with van der Waals surface area (Å²) >= 11 is 4.03. The van der Waals surface area contributed by atoms with E-state index < -0.39 is 0 Å². The predicted molar refractivity (Wildman–Crippen MR) is 83.6 cm³/mol. The third-order valence-electron chi connectivity index (χ3n) is 2.70. The van der Waals surface area contributed by atoms with E-state index in [9.17, 15) is 4.39 Å². The number of hydrogen-bond acceptors (Lipinski definition) is 2. The van der Waals surface area contributed by atoms with Crippen LogP contribution in [0, 0.1) is 8.70 Å². The fraction of sp³-hybridized carbons (Fsp3) is 0.286. The molecular weight excluding hydrogens is 360 g/mol. The van der Waals surface area contributed by atoms with Gasteiger partial charge in [-0.25, -0.2) is 4.39 Å². The highest BCUT2D eigenvalue weighted by Gasteiger charge is 2.15. The van der Waals surface area contributed by atoms with Crippen LogP contribution in [0.5, 0.6) is 0 Å². The molecule has 0 saturated heterocycles. The zero-order chi connectivity index (χ0) is 13.0. The van der Waals surface area contributed by atoms with Gasteiger partial charge in [-0.3, -0.25) is 0 Å². The van der Waals surface area contributed by atoms with Crippen molar-refractivity contribution in [2.24, 2.45) is 0 Å². The molecule has 0 aliphatic rings. The van der Waals surface area contributed by atoms with E-state index >= 15 is 0 Å². The van der Waals surface area contributed by atoms with Crippen LogP contribution in [-0.4, -0.2) is 6.54 Å². The molecule has 1 N–H and O–H groups in total. The zero-order valence-corrected chi connectivity index (χ0v) is 13.1. The Hall–Kier alpha value is -0.460. The maximum atomic E-state index is 13.3. The fourth-order valence-corrected chi connectivity index (χ4v) is 3.28. The first-order chi connectivity index (χ1) is 8.70. The van der Waals surface area contributed by atoms with Crippen LogP contribution in [0.4, 0.5) is 4.39 Å². The summed E-state index contributed by atoms with van der Waals surface area (Å²) < 4.78 is 14.6. The van der Waals surface area contributed by atoms with Crippen molar-refractivity contribution in [1.82, 2.24) is 5.32 Å². The third kappa shape index (κ3) is 3.52. The van der Waals surface area contributed by atoms with Gasteiger partial charge < -0.3 is 5.32 Å². The quantitative estimate of drug-likeness (QED) is 0.755. The smallest absolute Gasteiger partial charge is 0.123 e. The second kappa shape index (κ2) is 6.63. The maximum absolute atomic E-state index is 13.3. The van der Waals surface area contributed by atoms with Crippen molar-refractivity contribution in [3.63, 3.8) is 0 Å². The molecule has 2 aromatic rings. The van der Waals surface area contributed by atoms with Gasteiger partial charge in [-0.15, -0.1) is 11.3 Å². The first-order valence-electron chi connectivity index (χ1n) is 5.93. The molecule has 0 aliphatic carbocycles. The van der Waals surface area contributed by atoms with Crippen LogP contribution in [0.3, 0.4) is 0 Å². The third-order valence-corrected chi connectivity index (χ3v) is 4.51. The molecule has 0 radical (unpaired) electrons. The van der Waals surface area contributed by atoms with Crippen LogP contribution in [0.15, 0.2) is 35.7 Å². The number of nitrogens with one attached hydrogen (secondary N) is 1. The van der Waals surface area contributed by atoms with Crippen LogP contribution in [0.2, 0.25) is 0 Å². The van der Waals surface area contributed by atoms with E-state index in [4.69, 9.17) is 0 Å². The fourth-order valence-electron chi connectivity index (χ4n) is 1.88. The van der Waals surface area contributed by atoms with E-state index in [2.05, 4.69) is 46.3 Å². The van der Waals surface area contributed by atoms with Gasteiger partial charge in [0.1, 0.15) is 5.82 Å². The highest BCUT2D eigenvalue weighted by molar-refractivity contribution is 14.1. The summed E-state index contributed by atoms with van der Waals surface area (Å²) in [7, 11) is 0. The van der Waals surface area contributed by atoms with Crippen molar-refractivity contribution in [1.29, 1.82) is 0 Å². The van der Waals surface area contributed by atoms with Gasteiger partial charge in [0, 0.05) is 0 Å². The van der Waals surface area contributed by atoms with Crippen molar-refractivity contribution in [3.05, 3.63) is 55.5 Å². The molecule has 0 aliphatic heterocycles. The minimum absolute atomic E-state index is 0.0837. The first-order valence-corrected chi connectivity index (χ1v) is 7.89. The summed E-state index contributed by atoms with van der Waals surface area (Å²) in [6.45, 7) is 3.06. The molecule has 0 bridgehead atoms. The molecule has 2 rings (SSSR count). The van der Waals surface area contributed by atoms with Crippen LogP contribution in [0.1, 0.15) is 30.5 Å². The zero-order valence-electron chi connectivity index (χ0n) is 10.1. The Morgan fingerprint density at radius 2 is 2.17 bits per heavy atom. The van der Waals surface area contributed by atoms with Gasteiger partial charge in [0.15, 0.2) is 0 Å². The lowest BCUT2D eigenvalue weighted by Gasteiger charge is -2.18. The van der Waals surface area contributed by atoms with E-state index in [1.807, 2.05) is 6.07 Å². The topological polar surface area (TPSA) is 12.0 Å². The lowest BCUT2D eigenvalue weighted by Crippen LogP contribution is -2.22. The number of halogens is 2. The first kappa shape index (κ1) is 14.0. The standard InChI is InChI=1S/C14H15FINS/c1-2-6-17-14(11-8-13(16)18-9-11)10-4-3-5-12(15)7-10/h3-5,7-9,14,17H,2,6H2,1H3. The molecule has 1 atom stereocenters. The van der Waals surface area contributed by atoms with E-state index in [0.717, 1.165) is 18.5 Å². The summed E-state index contributed by atoms with van der Waals surface area (Å²) in [5.74, 6) is -0.180. The van der Waals surface area contributed by atoms with Gasteiger partial charge in [0.25, 0.3) is 0 Å². The molecule has 1 nitrogen and oxygen atoms in total. The molecule has 1 aromatic carbocycles. The molecule has 0 spiro atoms. The summed E-state index contributed by atoms with van der Waals surface area (Å²) in [5, 5.41) is 5.62. The molecule has 0 fully saturated rings. The average Bonchev–Trinajstić information content (AvgIpc) is 2.76. The summed E-state index contributed by atoms with van der Waals surface area (Å²) in [4.78, 5) is 0. The van der Waals surface area contributed by atoms with Gasteiger partial charge in [0.2, 0.25) is 0 Å². The van der Waals surface area contributed by atoms with E-state index in [0.29, 0.717) is 0 Å². The molecular formula is C14H15FINS. The Morgan fingerprint density at radius 3 is 2.78 bits per heavy atom. The minimum Gasteiger partial charge on any atom is -0.306 e. The summed E-state index contributed by atoms with van der Waals surface area (Å²) in [6.07, 6.45) is 1.06. The van der Waals surface area contributed by atoms with Gasteiger partial charge in [-0.1, -0.05) is 19.1 Å². The lowest BCUT2D eigenvalue weighted by atomic mass is 10.0. The SMILES string of the molecule is CCCNC(c1cccc(F)c1)c1csc(I)c1. The van der Waals surface area contributed by atoms with Crippen molar-refractivity contribution < 1.29 is 4.39 Å². The summed E-state index contributed by atoms with van der Waals surface area (Å²) in [5.41, 5.74) is 2.20. The van der Waals surface area contributed by atoms with E-state index in [1.165, 1.54) is 14.5 Å². The van der Waals surface area contributed by atoms with Crippen LogP contribution in [-0.2, 0) is 0 Å². The molecule has 1 heterocycles. The van der Waals surface area contributed by atoms with Crippen molar-refractivity contribution in [3.8, 4) is 0 Å². The van der Waals surface area contributed by atoms with E-state index in [1.54, 1.807) is 23.5 Å². The average molecular weight is 375 g/mol. The Morgan fingerprint density at radius 1 is 1.33 bits per heavy atom. The van der Waals surface area contributed by atoms with E-state index in [-0.39, 0.29) is 11.9 Å². The van der Waals surface area contributed by atoms with Crippen LogP contribution < -0.4 is 5.32 Å². The highest BCUT2D eigenvalue weighted by Crippen LogP contribution is 2.27. The van der Waals surface area contributed by atoms with Crippen molar-refractivity contribution >= 4 is 33.9 Å². The normalized spacial score (nSPS) is 12.6. The van der Waals surface area contributed by atoms with Gasteiger partial charge in [-0.2, -0.15) is 0 Å². The molecule has 0 saturated carbocycles. The van der Waals surface area contributed by atoms with Crippen molar-refractivity contribution in [2.75, 3.05) is 6.54 Å². The predicted octanol–water partition coefficient (Wildman–Crippen LogP) is 4.58. The molecule has 18 heavy (non-hydrogen) atoms. The molecule has 1 aromatic heterocycles. The highest BCUT2D eigenvalue weighted by atomic mass is 127. The number of thiophene rings is 1. The van der Waals surface area contributed by atoms with Gasteiger partial charge in [0.05, 0.1) is 8.93 Å². The number of benzene rings is 1. The monoisotopic (exact) mass is 375 g/mol. The molecule has 4 heteroatoms. The largest absolute Gasteiger partial charge is 0.306 e. The van der Waals surface area contributed by atoms with Gasteiger partial charge in [-0.05, 0) is 70.3 Å². The Balaban J connectivity index is 2.30. The van der Waals surface area contributed by atoms with Crippen LogP contribution >= 0.6 is 33.9 Å². The van der Waals surface area contributed by atoms with Crippen molar-refractivity contribution in [2.45, 2.75) is 19.4 Å². The number of rotatable bonds is 5. The maximum Gasteiger partial charge on any atom is 0.123 e. The number of hydrogen-bond donors (Lipinski definition) is 1. The Bertz CT molecular complexity index is 512. The Labute approximate surface area is 125 Å². The molecule has 1 unspecified atom stereocenters. The van der Waals surface area contributed by atoms with Gasteiger partial charge >= 0.3 is 0 Å². The molecule has 96 valence electrons. The second-order valence-electron chi connectivity index (χ2n) is 4.13. The Kier molecular flexibility index (Phi) is 5.14. The molecule has 0 amide bonds. The van der Waals surface area contributed by atoms with Crippen LogP contribution in [0.25, 0.3) is 0 Å². The second-order valence-corrected chi connectivity index (χ2v) is 6.93. The lowest BCUT2D eigenvalue weighted by molar-refractivity contribution is 0.586. The summed E-state index contributed by atoms with van der Waals surface area (Å²) in [6, 6.07) is 9.07.